The summed E-state index contributed by atoms with van der Waals surface area (Å²) in [6, 6.07) is 7.38. The highest BCUT2D eigenvalue weighted by molar-refractivity contribution is 6.34. The van der Waals surface area contributed by atoms with Crippen LogP contribution in [0, 0.1) is 0 Å². The number of hydrogen-bond donors (Lipinski definition) is 1. The van der Waals surface area contributed by atoms with E-state index in [0.29, 0.717) is 11.3 Å². The number of fused-ring (bicyclic) bond motifs is 1. The van der Waals surface area contributed by atoms with Gasteiger partial charge in [0.2, 0.25) is 5.78 Å². The van der Waals surface area contributed by atoms with Crippen LogP contribution in [-0.2, 0) is 36.7 Å². The highest BCUT2D eigenvalue weighted by atomic mass is 16.5. The standard InChI is InChI=1S/C17H19NO5/c1-3-22-16(20)10-14-12(9-15(19)17(21)23-4-2)11-7-5-6-8-13(11)18-14/h5-8,18H,3-4,9-10H2,1-2H3. The van der Waals surface area contributed by atoms with Crippen molar-refractivity contribution in [2.24, 2.45) is 0 Å². The summed E-state index contributed by atoms with van der Waals surface area (Å²) >= 11 is 0. The number of rotatable bonds is 7. The minimum atomic E-state index is -0.861. The molecule has 0 unspecified atom stereocenters. The first-order chi connectivity index (χ1) is 11.1. The van der Waals surface area contributed by atoms with E-state index in [0.717, 1.165) is 10.9 Å². The molecule has 0 saturated carbocycles. The molecule has 6 nitrogen and oxygen atoms in total. The van der Waals surface area contributed by atoms with E-state index in [9.17, 15) is 14.4 Å². The van der Waals surface area contributed by atoms with Crippen LogP contribution in [0.5, 0.6) is 0 Å². The topological polar surface area (TPSA) is 85.5 Å². The molecule has 1 N–H and O–H groups in total. The minimum absolute atomic E-state index is 0.0218. The third-order valence-corrected chi connectivity index (χ3v) is 3.37. The first-order valence-electron chi connectivity index (χ1n) is 7.50. The van der Waals surface area contributed by atoms with Crippen LogP contribution in [0.2, 0.25) is 0 Å². The van der Waals surface area contributed by atoms with Crippen LogP contribution in [0.1, 0.15) is 25.1 Å². The number of ketones is 1. The molecule has 1 heterocycles. The van der Waals surface area contributed by atoms with Crippen LogP contribution in [0.15, 0.2) is 24.3 Å². The van der Waals surface area contributed by atoms with Crippen molar-refractivity contribution < 1.29 is 23.9 Å². The van der Waals surface area contributed by atoms with Crippen LogP contribution in [-0.4, -0.2) is 35.9 Å². The Morgan fingerprint density at radius 3 is 2.39 bits per heavy atom. The average Bonchev–Trinajstić information content (AvgIpc) is 2.85. The van der Waals surface area contributed by atoms with Crippen LogP contribution < -0.4 is 0 Å². The van der Waals surface area contributed by atoms with Crippen molar-refractivity contribution >= 4 is 28.6 Å². The van der Waals surface area contributed by atoms with Crippen molar-refractivity contribution in [2.45, 2.75) is 26.7 Å². The third-order valence-electron chi connectivity index (χ3n) is 3.37. The van der Waals surface area contributed by atoms with Gasteiger partial charge in [-0.3, -0.25) is 9.59 Å². The molecular weight excluding hydrogens is 298 g/mol. The zero-order valence-corrected chi connectivity index (χ0v) is 13.2. The Morgan fingerprint density at radius 2 is 1.70 bits per heavy atom. The van der Waals surface area contributed by atoms with E-state index in [1.165, 1.54) is 0 Å². The molecule has 122 valence electrons. The van der Waals surface area contributed by atoms with Crippen molar-refractivity contribution in [1.82, 2.24) is 4.98 Å². The monoisotopic (exact) mass is 317 g/mol. The van der Waals surface area contributed by atoms with Gasteiger partial charge >= 0.3 is 11.9 Å². The molecule has 0 bridgehead atoms. The molecule has 2 aromatic rings. The fourth-order valence-electron chi connectivity index (χ4n) is 2.41. The van der Waals surface area contributed by atoms with Gasteiger partial charge in [-0.2, -0.15) is 0 Å². The SMILES string of the molecule is CCOC(=O)Cc1[nH]c2ccccc2c1CC(=O)C(=O)OCC. The maximum absolute atomic E-state index is 12.0. The summed E-state index contributed by atoms with van der Waals surface area (Å²) in [6.45, 7) is 3.81. The van der Waals surface area contributed by atoms with E-state index in [1.54, 1.807) is 13.8 Å². The summed E-state index contributed by atoms with van der Waals surface area (Å²) in [5.41, 5.74) is 2.02. The van der Waals surface area contributed by atoms with Crippen LogP contribution >= 0.6 is 0 Å². The number of nitrogens with one attached hydrogen (secondary N) is 1. The Bertz CT molecular complexity index is 732. The largest absolute Gasteiger partial charge is 0.466 e. The Kier molecular flexibility index (Phi) is 5.51. The van der Waals surface area contributed by atoms with E-state index in [4.69, 9.17) is 9.47 Å². The van der Waals surface area contributed by atoms with Crippen molar-refractivity contribution in [2.75, 3.05) is 13.2 Å². The molecule has 0 spiro atoms. The first kappa shape index (κ1) is 16.7. The van der Waals surface area contributed by atoms with Crippen LogP contribution in [0.25, 0.3) is 10.9 Å². The number of esters is 2. The Morgan fingerprint density at radius 1 is 1.00 bits per heavy atom. The summed E-state index contributed by atoms with van der Waals surface area (Å²) in [5, 5.41) is 0.810. The average molecular weight is 317 g/mol. The fourth-order valence-corrected chi connectivity index (χ4v) is 2.41. The third kappa shape index (κ3) is 3.97. The summed E-state index contributed by atoms with van der Waals surface area (Å²) in [6.07, 6.45) is -0.0917. The molecule has 0 aliphatic carbocycles. The van der Waals surface area contributed by atoms with Gasteiger partial charge in [0.1, 0.15) is 0 Å². The lowest BCUT2D eigenvalue weighted by Gasteiger charge is -2.05. The number of Topliss-reactive ketones (excluding diaryl/α,β-unsaturated/α-hetero) is 1. The normalized spacial score (nSPS) is 10.5. The van der Waals surface area contributed by atoms with E-state index in [2.05, 4.69) is 4.98 Å². The van der Waals surface area contributed by atoms with Gasteiger partial charge in [0.25, 0.3) is 0 Å². The van der Waals surface area contributed by atoms with Gasteiger partial charge in [-0.15, -0.1) is 0 Å². The number of carbonyl (C=O) groups is 3. The van der Waals surface area contributed by atoms with E-state index in [1.807, 2.05) is 24.3 Å². The minimum Gasteiger partial charge on any atom is -0.466 e. The maximum atomic E-state index is 12.0. The fraction of sp³-hybridized carbons (Fsp3) is 0.353. The molecule has 1 aromatic carbocycles. The molecule has 0 fully saturated rings. The molecule has 0 aliphatic rings. The second-order valence-electron chi connectivity index (χ2n) is 4.93. The lowest BCUT2D eigenvalue weighted by molar-refractivity contribution is -0.153. The zero-order chi connectivity index (χ0) is 16.8. The second kappa shape index (κ2) is 7.58. The first-order valence-corrected chi connectivity index (χ1v) is 7.50. The van der Waals surface area contributed by atoms with E-state index in [-0.39, 0.29) is 32.0 Å². The summed E-state index contributed by atoms with van der Waals surface area (Å²) in [4.78, 5) is 38.4. The molecule has 0 saturated heterocycles. The number of benzene rings is 1. The molecule has 2 rings (SSSR count). The van der Waals surface area contributed by atoms with E-state index < -0.39 is 11.8 Å². The smallest absolute Gasteiger partial charge is 0.374 e. The molecule has 0 amide bonds. The van der Waals surface area contributed by atoms with Crippen molar-refractivity contribution in [3.8, 4) is 0 Å². The number of aromatic amines is 1. The lowest BCUT2D eigenvalue weighted by atomic mass is 10.0. The maximum Gasteiger partial charge on any atom is 0.374 e. The van der Waals surface area contributed by atoms with Crippen molar-refractivity contribution in [3.63, 3.8) is 0 Å². The van der Waals surface area contributed by atoms with Crippen LogP contribution in [0.4, 0.5) is 0 Å². The van der Waals surface area contributed by atoms with Gasteiger partial charge in [-0.25, -0.2) is 4.79 Å². The van der Waals surface area contributed by atoms with Crippen molar-refractivity contribution in [3.05, 3.63) is 35.5 Å². The number of H-pyrrole nitrogens is 1. The number of ether oxygens (including phenoxy) is 2. The second-order valence-corrected chi connectivity index (χ2v) is 4.93. The van der Waals surface area contributed by atoms with Crippen molar-refractivity contribution in [1.29, 1.82) is 0 Å². The number of carbonyl (C=O) groups excluding carboxylic acids is 3. The molecule has 0 aliphatic heterocycles. The van der Waals surface area contributed by atoms with Gasteiger partial charge in [-0.1, -0.05) is 18.2 Å². The molecule has 1 aromatic heterocycles. The molecular formula is C17H19NO5. The summed E-state index contributed by atoms with van der Waals surface area (Å²) in [7, 11) is 0. The molecule has 0 radical (unpaired) electrons. The summed E-state index contributed by atoms with van der Waals surface area (Å²) in [5.74, 6) is -1.88. The highest BCUT2D eigenvalue weighted by Gasteiger charge is 2.21. The zero-order valence-electron chi connectivity index (χ0n) is 13.2. The van der Waals surface area contributed by atoms with Gasteiger partial charge in [0, 0.05) is 23.0 Å². The Hall–Kier alpha value is -2.63. The van der Waals surface area contributed by atoms with Gasteiger partial charge in [0.15, 0.2) is 0 Å². The Labute approximate surface area is 133 Å². The van der Waals surface area contributed by atoms with Gasteiger partial charge in [-0.05, 0) is 25.5 Å². The number of hydrogen-bond acceptors (Lipinski definition) is 5. The van der Waals surface area contributed by atoms with Crippen LogP contribution in [0.3, 0.4) is 0 Å². The lowest BCUT2D eigenvalue weighted by Crippen LogP contribution is -2.20. The predicted molar refractivity (Wildman–Crippen MR) is 84.0 cm³/mol. The summed E-state index contributed by atoms with van der Waals surface area (Å²) < 4.78 is 9.69. The highest BCUT2D eigenvalue weighted by Crippen LogP contribution is 2.24. The molecule has 0 atom stereocenters. The molecule has 6 heteroatoms. The Balaban J connectivity index is 2.33. The number of aromatic nitrogens is 1. The van der Waals surface area contributed by atoms with E-state index >= 15 is 0 Å². The number of para-hydroxylation sites is 1. The van der Waals surface area contributed by atoms with Gasteiger partial charge < -0.3 is 14.5 Å². The quantitative estimate of drug-likeness (QED) is 0.623. The predicted octanol–water partition coefficient (Wildman–Crippen LogP) is 1.95. The van der Waals surface area contributed by atoms with Gasteiger partial charge in [0.05, 0.1) is 19.6 Å². The molecule has 23 heavy (non-hydrogen) atoms.